The van der Waals surface area contributed by atoms with Crippen molar-refractivity contribution < 1.29 is 0 Å². The maximum absolute atomic E-state index is 5.29. The zero-order valence-electron chi connectivity index (χ0n) is 28.6. The Morgan fingerprint density at radius 1 is 0.462 bits per heavy atom. The average Bonchev–Trinajstić information content (AvgIpc) is 3.81. The first-order valence-electron chi connectivity index (χ1n) is 17.4. The van der Waals surface area contributed by atoms with E-state index < -0.39 is 0 Å². The van der Waals surface area contributed by atoms with Crippen molar-refractivity contribution in [3.8, 4) is 34.2 Å². The molecule has 0 spiro atoms. The van der Waals surface area contributed by atoms with Crippen LogP contribution in [0.3, 0.4) is 0 Å². The third kappa shape index (κ3) is 5.53. The molecular formula is C46H34N6. The summed E-state index contributed by atoms with van der Waals surface area (Å²) in [5.41, 5.74) is 10.8. The Bertz CT molecular complexity index is 2500. The molecule has 0 amide bonds. The molecule has 0 saturated heterocycles. The van der Waals surface area contributed by atoms with Gasteiger partial charge in [0.15, 0.2) is 0 Å². The standard InChI is InChI=1S/C46H34N6/c1-47-44(50(36-18-6-2-7-19-36)37-20-8-3-9-21-37)33-30-34(45-48-40-26-14-16-28-42(40)51(45)38-22-10-4-11-23-38)32-35(31-33)46-49-41-27-15-17-29-43(41)52(46)39-24-12-5-13-25-39/h2-32H,1H3. The zero-order valence-corrected chi connectivity index (χ0v) is 28.6. The molecule has 7 aromatic carbocycles. The molecular weight excluding hydrogens is 637 g/mol. The van der Waals surface area contributed by atoms with Crippen LogP contribution in [0.15, 0.2) is 193 Å². The number of amidine groups is 1. The Hall–Kier alpha value is -7.05. The van der Waals surface area contributed by atoms with E-state index >= 15 is 0 Å². The molecule has 0 fully saturated rings. The van der Waals surface area contributed by atoms with Gasteiger partial charge in [0.1, 0.15) is 17.5 Å². The summed E-state index contributed by atoms with van der Waals surface area (Å²) >= 11 is 0. The Labute approximate surface area is 302 Å². The minimum absolute atomic E-state index is 0.797. The minimum Gasteiger partial charge on any atom is -0.295 e. The lowest BCUT2D eigenvalue weighted by atomic mass is 10.0. The molecule has 0 aliphatic rings. The molecule has 9 aromatic rings. The summed E-state index contributed by atoms with van der Waals surface area (Å²) in [5.74, 6) is 2.46. The molecule has 0 saturated carbocycles. The number of hydrogen-bond donors (Lipinski definition) is 0. The van der Waals surface area contributed by atoms with Crippen molar-refractivity contribution in [2.24, 2.45) is 4.99 Å². The molecule has 2 aromatic heterocycles. The number of fused-ring (bicyclic) bond motifs is 2. The van der Waals surface area contributed by atoms with E-state index in [4.69, 9.17) is 15.0 Å². The summed E-state index contributed by atoms with van der Waals surface area (Å²) in [6, 6.07) is 64.9. The van der Waals surface area contributed by atoms with Gasteiger partial charge in [-0.3, -0.25) is 19.0 Å². The van der Waals surface area contributed by atoms with Crippen LogP contribution in [0.5, 0.6) is 0 Å². The average molecular weight is 671 g/mol. The second-order valence-electron chi connectivity index (χ2n) is 12.5. The van der Waals surface area contributed by atoms with E-state index in [-0.39, 0.29) is 0 Å². The third-order valence-corrected chi connectivity index (χ3v) is 9.31. The molecule has 0 aliphatic carbocycles. The molecule has 6 nitrogen and oxygen atoms in total. The Balaban J connectivity index is 1.35. The fourth-order valence-corrected chi connectivity index (χ4v) is 7.04. The number of hydrogen-bond acceptors (Lipinski definition) is 3. The van der Waals surface area contributed by atoms with E-state index in [2.05, 4.69) is 166 Å². The highest BCUT2D eigenvalue weighted by atomic mass is 15.2. The van der Waals surface area contributed by atoms with Crippen molar-refractivity contribution in [3.05, 3.63) is 194 Å². The molecule has 9 rings (SSSR count). The number of aromatic nitrogens is 4. The van der Waals surface area contributed by atoms with Crippen LogP contribution in [0.4, 0.5) is 11.4 Å². The summed E-state index contributed by atoms with van der Waals surface area (Å²) < 4.78 is 4.49. The van der Waals surface area contributed by atoms with Crippen molar-refractivity contribution in [1.82, 2.24) is 19.1 Å². The lowest BCUT2D eigenvalue weighted by Gasteiger charge is -2.27. The minimum atomic E-state index is 0.797. The van der Waals surface area contributed by atoms with Gasteiger partial charge >= 0.3 is 0 Å². The lowest BCUT2D eigenvalue weighted by molar-refractivity contribution is 1.09. The lowest BCUT2D eigenvalue weighted by Crippen LogP contribution is -2.27. The van der Waals surface area contributed by atoms with Crippen LogP contribution >= 0.6 is 0 Å². The van der Waals surface area contributed by atoms with E-state index in [1.807, 2.05) is 43.4 Å². The van der Waals surface area contributed by atoms with Crippen LogP contribution in [-0.4, -0.2) is 32.0 Å². The van der Waals surface area contributed by atoms with E-state index in [1.54, 1.807) is 0 Å². The summed E-state index contributed by atoms with van der Waals surface area (Å²) in [5, 5.41) is 0. The van der Waals surface area contributed by atoms with Gasteiger partial charge in [-0.05, 0) is 91.0 Å². The third-order valence-electron chi connectivity index (χ3n) is 9.31. The number of para-hydroxylation sites is 8. The van der Waals surface area contributed by atoms with Gasteiger partial charge in [-0.25, -0.2) is 9.97 Å². The van der Waals surface area contributed by atoms with Crippen LogP contribution in [0.2, 0.25) is 0 Å². The van der Waals surface area contributed by atoms with Gasteiger partial charge in [0.05, 0.1) is 22.1 Å². The van der Waals surface area contributed by atoms with Crippen LogP contribution in [-0.2, 0) is 0 Å². The normalized spacial score (nSPS) is 11.7. The largest absolute Gasteiger partial charge is 0.295 e. The maximum atomic E-state index is 5.29. The van der Waals surface area contributed by atoms with Crippen molar-refractivity contribution in [3.63, 3.8) is 0 Å². The molecule has 0 radical (unpaired) electrons. The van der Waals surface area contributed by atoms with Crippen molar-refractivity contribution in [2.45, 2.75) is 0 Å². The van der Waals surface area contributed by atoms with Crippen molar-refractivity contribution in [2.75, 3.05) is 11.9 Å². The van der Waals surface area contributed by atoms with E-state index in [1.165, 1.54) is 0 Å². The van der Waals surface area contributed by atoms with Crippen LogP contribution in [0.25, 0.3) is 56.2 Å². The monoisotopic (exact) mass is 670 g/mol. The highest BCUT2D eigenvalue weighted by Gasteiger charge is 2.23. The maximum Gasteiger partial charge on any atom is 0.145 e. The summed E-state index contributed by atoms with van der Waals surface area (Å²) in [6.07, 6.45) is 0. The van der Waals surface area contributed by atoms with Gasteiger partial charge < -0.3 is 0 Å². The van der Waals surface area contributed by atoms with E-state index in [0.717, 1.165) is 79.0 Å². The van der Waals surface area contributed by atoms with Gasteiger partial charge in [0, 0.05) is 46.5 Å². The molecule has 6 heteroatoms. The van der Waals surface area contributed by atoms with Crippen molar-refractivity contribution >= 4 is 39.3 Å². The molecule has 0 aliphatic heterocycles. The topological polar surface area (TPSA) is 51.2 Å². The Morgan fingerprint density at radius 2 is 0.846 bits per heavy atom. The summed E-state index contributed by atoms with van der Waals surface area (Å²) in [6.45, 7) is 0. The van der Waals surface area contributed by atoms with Crippen molar-refractivity contribution in [1.29, 1.82) is 0 Å². The van der Waals surface area contributed by atoms with E-state index in [9.17, 15) is 0 Å². The first kappa shape index (κ1) is 31.0. The molecule has 0 atom stereocenters. The summed E-state index contributed by atoms with van der Waals surface area (Å²) in [7, 11) is 1.86. The number of benzene rings is 7. The first-order chi connectivity index (χ1) is 25.8. The van der Waals surface area contributed by atoms with Crippen LogP contribution in [0.1, 0.15) is 5.56 Å². The summed E-state index contributed by atoms with van der Waals surface area (Å²) in [4.78, 5) is 17.8. The quantitative estimate of drug-likeness (QED) is 0.125. The number of anilines is 2. The second kappa shape index (κ2) is 13.3. The first-order valence-corrected chi connectivity index (χ1v) is 17.4. The van der Waals surface area contributed by atoms with Gasteiger partial charge in [-0.2, -0.15) is 0 Å². The highest BCUT2D eigenvalue weighted by Crippen LogP contribution is 2.36. The molecule has 52 heavy (non-hydrogen) atoms. The highest BCUT2D eigenvalue weighted by molar-refractivity contribution is 6.15. The second-order valence-corrected chi connectivity index (χ2v) is 12.5. The molecule has 0 unspecified atom stereocenters. The van der Waals surface area contributed by atoms with E-state index in [0.29, 0.717) is 0 Å². The fourth-order valence-electron chi connectivity index (χ4n) is 7.04. The van der Waals surface area contributed by atoms with Crippen LogP contribution in [0, 0.1) is 0 Å². The zero-order chi connectivity index (χ0) is 34.9. The fraction of sp³-hybridized carbons (Fsp3) is 0.0217. The number of aliphatic imine (C=N–C) groups is 1. The smallest absolute Gasteiger partial charge is 0.145 e. The van der Waals surface area contributed by atoms with Gasteiger partial charge in [-0.15, -0.1) is 0 Å². The Kier molecular flexibility index (Phi) is 7.95. The predicted octanol–water partition coefficient (Wildman–Crippen LogP) is 10.9. The number of rotatable bonds is 7. The molecule has 2 heterocycles. The molecule has 0 N–H and O–H groups in total. The SMILES string of the molecule is CN=C(c1cc(-c2nc3ccccc3n2-c2ccccc2)cc(-c2nc3ccccc3n2-c2ccccc2)c1)N(c1ccccc1)c1ccccc1. The molecule has 0 bridgehead atoms. The predicted molar refractivity (Wildman–Crippen MR) is 214 cm³/mol. The molecule has 248 valence electrons. The van der Waals surface area contributed by atoms with Gasteiger partial charge in [0.25, 0.3) is 0 Å². The number of imidazole rings is 2. The van der Waals surface area contributed by atoms with Gasteiger partial charge in [-0.1, -0.05) is 97.1 Å². The number of nitrogens with zero attached hydrogens (tertiary/aromatic N) is 6. The van der Waals surface area contributed by atoms with Crippen LogP contribution < -0.4 is 4.90 Å². The van der Waals surface area contributed by atoms with Gasteiger partial charge in [0.2, 0.25) is 0 Å². The Morgan fingerprint density at radius 3 is 1.27 bits per heavy atom.